The topological polar surface area (TPSA) is 91.8 Å². The van der Waals surface area contributed by atoms with E-state index in [1.807, 2.05) is 4.90 Å². The Morgan fingerprint density at radius 3 is 2.61 bits per heavy atom. The highest BCUT2D eigenvalue weighted by atomic mass is 32.2. The number of nitrogens with one attached hydrogen (secondary N) is 1. The second kappa shape index (κ2) is 9.72. The lowest BCUT2D eigenvalue weighted by Crippen LogP contribution is -2.37. The summed E-state index contributed by atoms with van der Waals surface area (Å²) >= 11 is 1.15. The maximum atomic E-state index is 13.5. The maximum Gasteiger partial charge on any atom is 0.259 e. The minimum Gasteiger partial charge on any atom is -0.378 e. The highest BCUT2D eigenvalue weighted by molar-refractivity contribution is 7.89. The summed E-state index contributed by atoms with van der Waals surface area (Å²) in [6, 6.07) is 8.85. The fourth-order valence-corrected chi connectivity index (χ4v) is 6.14. The van der Waals surface area contributed by atoms with E-state index >= 15 is 0 Å². The molecule has 0 saturated carbocycles. The summed E-state index contributed by atoms with van der Waals surface area (Å²) in [6.45, 7) is 6.40. The number of aromatic nitrogens is 1. The lowest BCUT2D eigenvalue weighted by molar-refractivity contribution is 0.102. The van der Waals surface area contributed by atoms with Crippen molar-refractivity contribution in [1.82, 2.24) is 9.29 Å². The molecule has 0 radical (unpaired) electrons. The van der Waals surface area contributed by atoms with Crippen LogP contribution in [0.2, 0.25) is 0 Å². The Kier molecular flexibility index (Phi) is 6.94. The molecule has 1 amide bonds. The van der Waals surface area contributed by atoms with Gasteiger partial charge in [0.1, 0.15) is 5.82 Å². The molecule has 11 heteroatoms. The molecule has 2 heterocycles. The molecule has 0 unspecified atom stereocenters. The number of hydrogen-bond donors (Lipinski definition) is 1. The van der Waals surface area contributed by atoms with E-state index in [2.05, 4.69) is 10.3 Å². The Morgan fingerprint density at radius 2 is 1.91 bits per heavy atom. The van der Waals surface area contributed by atoms with Crippen molar-refractivity contribution in [2.75, 3.05) is 49.6 Å². The summed E-state index contributed by atoms with van der Waals surface area (Å²) < 4.78 is 47.1. The van der Waals surface area contributed by atoms with E-state index < -0.39 is 15.9 Å². The number of ether oxygens (including phenoxy) is 1. The molecule has 0 bridgehead atoms. The summed E-state index contributed by atoms with van der Waals surface area (Å²) in [5.41, 5.74) is 1.43. The zero-order valence-corrected chi connectivity index (χ0v) is 20.0. The van der Waals surface area contributed by atoms with Gasteiger partial charge >= 0.3 is 0 Å². The van der Waals surface area contributed by atoms with E-state index in [9.17, 15) is 17.6 Å². The number of fused-ring (bicyclic) bond motifs is 1. The first kappa shape index (κ1) is 23.6. The number of sulfonamides is 1. The van der Waals surface area contributed by atoms with E-state index in [0.29, 0.717) is 60.4 Å². The van der Waals surface area contributed by atoms with Crippen LogP contribution in [-0.4, -0.2) is 63.0 Å². The molecule has 33 heavy (non-hydrogen) atoms. The quantitative estimate of drug-likeness (QED) is 0.542. The van der Waals surface area contributed by atoms with Crippen molar-refractivity contribution >= 4 is 48.3 Å². The number of hydrogen-bond acceptors (Lipinski definition) is 7. The van der Waals surface area contributed by atoms with Crippen LogP contribution in [0.15, 0.2) is 41.3 Å². The van der Waals surface area contributed by atoms with Crippen LogP contribution in [0.3, 0.4) is 0 Å². The van der Waals surface area contributed by atoms with E-state index in [-0.39, 0.29) is 16.3 Å². The summed E-state index contributed by atoms with van der Waals surface area (Å²) in [7, 11) is -3.75. The first-order chi connectivity index (χ1) is 15.8. The van der Waals surface area contributed by atoms with Gasteiger partial charge in [0.25, 0.3) is 5.91 Å². The molecule has 0 aliphatic carbocycles. The van der Waals surface area contributed by atoms with Crippen LogP contribution in [0.5, 0.6) is 0 Å². The maximum absolute atomic E-state index is 13.5. The molecule has 1 saturated heterocycles. The number of anilines is 2. The summed E-state index contributed by atoms with van der Waals surface area (Å²) in [6.07, 6.45) is 0. The number of rotatable bonds is 7. The Morgan fingerprint density at radius 1 is 1.18 bits per heavy atom. The van der Waals surface area contributed by atoms with E-state index in [0.717, 1.165) is 11.3 Å². The van der Waals surface area contributed by atoms with Crippen LogP contribution < -0.4 is 10.2 Å². The predicted octanol–water partition coefficient (Wildman–Crippen LogP) is 3.55. The zero-order chi connectivity index (χ0) is 23.6. The molecular weight excluding hydrogens is 467 g/mol. The minimum atomic E-state index is -3.75. The molecule has 1 aliphatic rings. The lowest BCUT2D eigenvalue weighted by atomic mass is 10.1. The minimum absolute atomic E-state index is 0.0553. The van der Waals surface area contributed by atoms with Crippen molar-refractivity contribution in [1.29, 1.82) is 0 Å². The Bertz CT molecular complexity index is 1270. The van der Waals surface area contributed by atoms with Crippen molar-refractivity contribution < 1.29 is 22.3 Å². The van der Waals surface area contributed by atoms with Crippen LogP contribution in [0.25, 0.3) is 10.2 Å². The van der Waals surface area contributed by atoms with Crippen molar-refractivity contribution in [3.8, 4) is 0 Å². The average Bonchev–Trinajstić information content (AvgIpc) is 3.21. The van der Waals surface area contributed by atoms with Gasteiger partial charge < -0.3 is 9.64 Å². The van der Waals surface area contributed by atoms with Crippen LogP contribution in [0, 0.1) is 5.82 Å². The highest BCUT2D eigenvalue weighted by Gasteiger charge is 2.26. The fraction of sp³-hybridized carbons (Fsp3) is 0.364. The molecule has 1 N–H and O–H groups in total. The van der Waals surface area contributed by atoms with Gasteiger partial charge in [-0.3, -0.25) is 10.1 Å². The standard InChI is InChI=1S/C22H25FN4O4S2/c1-3-27(4-2)33(29,30)16-6-8-19(26-9-11-31-12-10-26)17(14-16)21(28)25-22-24-18-7-5-15(23)13-20(18)32-22/h5-8,13-14H,3-4,9-12H2,1-2H3,(H,24,25,28). The van der Waals surface area contributed by atoms with Gasteiger partial charge in [-0.05, 0) is 36.4 Å². The van der Waals surface area contributed by atoms with E-state index in [4.69, 9.17) is 4.74 Å². The number of benzene rings is 2. The molecule has 1 aliphatic heterocycles. The highest BCUT2D eigenvalue weighted by Crippen LogP contribution is 2.30. The first-order valence-corrected chi connectivity index (χ1v) is 12.9. The number of amides is 1. The van der Waals surface area contributed by atoms with E-state index in [1.165, 1.54) is 28.6 Å². The van der Waals surface area contributed by atoms with Crippen LogP contribution in [0.1, 0.15) is 24.2 Å². The fourth-order valence-electron chi connectivity index (χ4n) is 3.77. The SMILES string of the molecule is CCN(CC)S(=O)(=O)c1ccc(N2CCOCC2)c(C(=O)Nc2nc3ccc(F)cc3s2)c1. The summed E-state index contributed by atoms with van der Waals surface area (Å²) in [5, 5.41) is 3.07. The van der Waals surface area contributed by atoms with Gasteiger partial charge in [-0.15, -0.1) is 0 Å². The number of carbonyl (C=O) groups excluding carboxylic acids is 1. The van der Waals surface area contributed by atoms with Gasteiger partial charge in [0.15, 0.2) is 5.13 Å². The van der Waals surface area contributed by atoms with Crippen LogP contribution in [-0.2, 0) is 14.8 Å². The van der Waals surface area contributed by atoms with E-state index in [1.54, 1.807) is 26.0 Å². The van der Waals surface area contributed by atoms with Crippen LogP contribution >= 0.6 is 11.3 Å². The summed E-state index contributed by atoms with van der Waals surface area (Å²) in [4.78, 5) is 19.7. The van der Waals surface area contributed by atoms with Gasteiger partial charge in [0.2, 0.25) is 10.0 Å². The van der Waals surface area contributed by atoms with Gasteiger partial charge in [-0.25, -0.2) is 17.8 Å². The second-order valence-corrected chi connectivity index (χ2v) is 10.4. The Hall–Kier alpha value is -2.60. The third kappa shape index (κ3) is 4.86. The number of morpholine rings is 1. The molecule has 4 rings (SSSR count). The molecule has 2 aromatic carbocycles. The van der Waals surface area contributed by atoms with Crippen molar-refractivity contribution in [2.24, 2.45) is 0 Å². The van der Waals surface area contributed by atoms with Gasteiger partial charge in [-0.1, -0.05) is 25.2 Å². The van der Waals surface area contributed by atoms with Crippen molar-refractivity contribution in [2.45, 2.75) is 18.7 Å². The third-order valence-electron chi connectivity index (χ3n) is 5.48. The number of thiazole rings is 1. The molecule has 3 aromatic rings. The van der Waals surface area contributed by atoms with Crippen molar-refractivity contribution in [3.05, 3.63) is 47.8 Å². The van der Waals surface area contributed by atoms with Gasteiger partial charge in [0, 0.05) is 31.9 Å². The number of halogens is 1. The number of nitrogens with zero attached hydrogens (tertiary/aromatic N) is 3. The molecule has 1 fully saturated rings. The largest absolute Gasteiger partial charge is 0.378 e. The van der Waals surface area contributed by atoms with Gasteiger partial charge in [-0.2, -0.15) is 4.31 Å². The first-order valence-electron chi connectivity index (χ1n) is 10.7. The third-order valence-corrected chi connectivity index (χ3v) is 8.46. The smallest absolute Gasteiger partial charge is 0.259 e. The molecule has 0 atom stereocenters. The lowest BCUT2D eigenvalue weighted by Gasteiger charge is -2.30. The van der Waals surface area contributed by atoms with Gasteiger partial charge in [0.05, 0.1) is 33.9 Å². The van der Waals surface area contributed by atoms with Crippen LogP contribution in [0.4, 0.5) is 15.2 Å². The normalized spacial score (nSPS) is 14.7. The molecule has 0 spiro atoms. The monoisotopic (exact) mass is 492 g/mol. The molecular formula is C22H25FN4O4S2. The zero-order valence-electron chi connectivity index (χ0n) is 18.4. The average molecular weight is 493 g/mol. The molecule has 1 aromatic heterocycles. The second-order valence-electron chi connectivity index (χ2n) is 7.45. The van der Waals surface area contributed by atoms with Crippen molar-refractivity contribution in [3.63, 3.8) is 0 Å². The molecule has 8 nitrogen and oxygen atoms in total. The Labute approximate surface area is 196 Å². The molecule has 176 valence electrons. The summed E-state index contributed by atoms with van der Waals surface area (Å²) in [5.74, 6) is -0.861. The Balaban J connectivity index is 1.72. The predicted molar refractivity (Wildman–Crippen MR) is 127 cm³/mol. The number of carbonyl (C=O) groups is 1.